The summed E-state index contributed by atoms with van der Waals surface area (Å²) in [5.74, 6) is -1.95. The number of carboxylic acids is 1. The van der Waals surface area contributed by atoms with E-state index in [1.54, 1.807) is 18.9 Å². The molecule has 1 N–H and O–H groups in total. The molecule has 17 heavy (non-hydrogen) atoms. The fourth-order valence-corrected chi connectivity index (χ4v) is 1.52. The Balaban J connectivity index is 2.93. The highest BCUT2D eigenvalue weighted by Gasteiger charge is 2.16. The fraction of sp³-hybridized carbons (Fsp3) is 0.333. The van der Waals surface area contributed by atoms with Gasteiger partial charge in [0, 0.05) is 13.6 Å². The van der Waals surface area contributed by atoms with Gasteiger partial charge in [-0.15, -0.1) is 0 Å². The predicted octanol–water partition coefficient (Wildman–Crippen LogP) is 1.85. The molecular weight excluding hydrogens is 223 g/mol. The van der Waals surface area contributed by atoms with Crippen molar-refractivity contribution in [1.29, 1.82) is 5.26 Å². The van der Waals surface area contributed by atoms with Crippen molar-refractivity contribution in [1.82, 2.24) is 0 Å². The largest absolute Gasteiger partial charge is 0.481 e. The topological polar surface area (TPSA) is 64.3 Å². The number of aliphatic carboxylic acids is 1. The first-order chi connectivity index (χ1) is 7.95. The van der Waals surface area contributed by atoms with Crippen LogP contribution in [0.25, 0.3) is 0 Å². The van der Waals surface area contributed by atoms with E-state index in [0.29, 0.717) is 5.69 Å². The van der Waals surface area contributed by atoms with E-state index in [2.05, 4.69) is 0 Å². The zero-order valence-corrected chi connectivity index (χ0v) is 9.64. The number of halogens is 1. The van der Waals surface area contributed by atoms with E-state index < -0.39 is 17.7 Å². The summed E-state index contributed by atoms with van der Waals surface area (Å²) in [6.45, 7) is 1.84. The summed E-state index contributed by atoms with van der Waals surface area (Å²) in [5, 5.41) is 17.7. The molecule has 0 heterocycles. The Labute approximate surface area is 98.9 Å². The lowest BCUT2D eigenvalue weighted by atomic mass is 10.1. The van der Waals surface area contributed by atoms with E-state index in [-0.39, 0.29) is 12.1 Å². The first-order valence-electron chi connectivity index (χ1n) is 5.09. The zero-order chi connectivity index (χ0) is 13.0. The van der Waals surface area contributed by atoms with Crippen molar-refractivity contribution in [3.8, 4) is 6.07 Å². The van der Waals surface area contributed by atoms with Crippen molar-refractivity contribution in [2.24, 2.45) is 5.92 Å². The number of nitriles is 1. The van der Waals surface area contributed by atoms with Gasteiger partial charge in [0.15, 0.2) is 0 Å². The molecule has 1 atom stereocenters. The van der Waals surface area contributed by atoms with Crippen LogP contribution in [0.15, 0.2) is 18.2 Å². The van der Waals surface area contributed by atoms with Gasteiger partial charge in [-0.3, -0.25) is 4.79 Å². The van der Waals surface area contributed by atoms with Crippen LogP contribution >= 0.6 is 0 Å². The molecule has 1 rings (SSSR count). The molecule has 0 aliphatic rings. The lowest BCUT2D eigenvalue weighted by Gasteiger charge is -2.22. The number of nitrogens with zero attached hydrogens (tertiary/aromatic N) is 2. The number of hydrogen-bond donors (Lipinski definition) is 1. The van der Waals surface area contributed by atoms with Crippen LogP contribution in [0.2, 0.25) is 0 Å². The molecule has 1 unspecified atom stereocenters. The minimum absolute atomic E-state index is 0.199. The maximum Gasteiger partial charge on any atom is 0.308 e. The molecule has 0 fully saturated rings. The Hall–Kier alpha value is -2.09. The molecule has 0 amide bonds. The maximum absolute atomic E-state index is 12.9. The number of rotatable bonds is 4. The Morgan fingerprint density at radius 3 is 2.82 bits per heavy atom. The van der Waals surface area contributed by atoms with Crippen LogP contribution in [-0.4, -0.2) is 24.7 Å². The summed E-state index contributed by atoms with van der Waals surface area (Å²) >= 11 is 0. The Kier molecular flexibility index (Phi) is 4.05. The molecule has 0 radical (unpaired) electrons. The van der Waals surface area contributed by atoms with Crippen LogP contribution in [0, 0.1) is 23.1 Å². The second-order valence-electron chi connectivity index (χ2n) is 3.89. The first-order valence-corrected chi connectivity index (χ1v) is 5.09. The number of anilines is 1. The molecule has 1 aromatic carbocycles. The highest BCUT2D eigenvalue weighted by molar-refractivity contribution is 5.71. The van der Waals surface area contributed by atoms with Gasteiger partial charge >= 0.3 is 5.97 Å². The summed E-state index contributed by atoms with van der Waals surface area (Å²) < 4.78 is 12.9. The van der Waals surface area contributed by atoms with Gasteiger partial charge in [0.2, 0.25) is 0 Å². The molecular formula is C12H13FN2O2. The summed E-state index contributed by atoms with van der Waals surface area (Å²) in [6, 6.07) is 5.75. The Morgan fingerprint density at radius 1 is 1.65 bits per heavy atom. The summed E-state index contributed by atoms with van der Waals surface area (Å²) in [4.78, 5) is 12.4. The van der Waals surface area contributed by atoms with Crippen LogP contribution in [0.3, 0.4) is 0 Å². The standard InChI is InChI=1S/C12H13FN2O2/c1-8(12(16)17)7-15(2)11-4-3-10(13)5-9(11)6-14/h3-5,8H,7H2,1-2H3,(H,16,17). The second-order valence-corrected chi connectivity index (χ2v) is 3.89. The van der Waals surface area contributed by atoms with E-state index in [4.69, 9.17) is 10.4 Å². The van der Waals surface area contributed by atoms with Gasteiger partial charge in [-0.1, -0.05) is 6.92 Å². The van der Waals surface area contributed by atoms with E-state index in [1.165, 1.54) is 12.1 Å². The van der Waals surface area contributed by atoms with Crippen molar-refractivity contribution in [2.45, 2.75) is 6.92 Å². The van der Waals surface area contributed by atoms with E-state index in [9.17, 15) is 9.18 Å². The average Bonchev–Trinajstić information content (AvgIpc) is 2.28. The van der Waals surface area contributed by atoms with Crippen LogP contribution in [0.5, 0.6) is 0 Å². The van der Waals surface area contributed by atoms with Crippen LogP contribution in [0.1, 0.15) is 12.5 Å². The van der Waals surface area contributed by atoms with Gasteiger partial charge in [-0.05, 0) is 18.2 Å². The van der Waals surface area contributed by atoms with Crippen LogP contribution in [-0.2, 0) is 4.79 Å². The monoisotopic (exact) mass is 236 g/mol. The van der Waals surface area contributed by atoms with Gasteiger partial charge in [-0.25, -0.2) is 4.39 Å². The third-order valence-electron chi connectivity index (χ3n) is 2.46. The number of carboxylic acid groups (broad SMARTS) is 1. The van der Waals surface area contributed by atoms with Gasteiger partial charge in [0.25, 0.3) is 0 Å². The molecule has 90 valence electrons. The molecule has 0 saturated heterocycles. The van der Waals surface area contributed by atoms with Crippen molar-refractivity contribution in [2.75, 3.05) is 18.5 Å². The van der Waals surface area contributed by atoms with Crippen molar-refractivity contribution in [3.63, 3.8) is 0 Å². The van der Waals surface area contributed by atoms with Crippen LogP contribution in [0.4, 0.5) is 10.1 Å². The first kappa shape index (κ1) is 13.0. The Morgan fingerprint density at radius 2 is 2.29 bits per heavy atom. The third kappa shape index (κ3) is 3.18. The SMILES string of the molecule is CC(CN(C)c1ccc(F)cc1C#N)C(=O)O. The van der Waals surface area contributed by atoms with E-state index >= 15 is 0 Å². The van der Waals surface area contributed by atoms with Gasteiger partial charge in [-0.2, -0.15) is 5.26 Å². The third-order valence-corrected chi connectivity index (χ3v) is 2.46. The van der Waals surface area contributed by atoms with Gasteiger partial charge in [0.05, 0.1) is 17.2 Å². The minimum Gasteiger partial charge on any atom is -0.481 e. The molecule has 0 saturated carbocycles. The zero-order valence-electron chi connectivity index (χ0n) is 9.64. The van der Waals surface area contributed by atoms with Crippen molar-refractivity contribution >= 4 is 11.7 Å². The van der Waals surface area contributed by atoms with Gasteiger partial charge < -0.3 is 10.0 Å². The molecule has 4 nitrogen and oxygen atoms in total. The number of benzene rings is 1. The van der Waals surface area contributed by atoms with Crippen LogP contribution < -0.4 is 4.90 Å². The minimum atomic E-state index is -0.905. The molecule has 1 aromatic rings. The van der Waals surface area contributed by atoms with E-state index in [1.807, 2.05) is 6.07 Å². The summed E-state index contributed by atoms with van der Waals surface area (Å²) in [5.41, 5.74) is 0.729. The molecule has 0 aliphatic heterocycles. The maximum atomic E-state index is 12.9. The molecule has 0 aliphatic carbocycles. The normalized spacial score (nSPS) is 11.6. The molecule has 5 heteroatoms. The summed E-state index contributed by atoms with van der Waals surface area (Å²) in [7, 11) is 1.67. The second kappa shape index (κ2) is 5.30. The predicted molar refractivity (Wildman–Crippen MR) is 61.2 cm³/mol. The lowest BCUT2D eigenvalue weighted by molar-refractivity contribution is -0.140. The quantitative estimate of drug-likeness (QED) is 0.866. The number of carbonyl (C=O) groups is 1. The van der Waals surface area contributed by atoms with E-state index in [0.717, 1.165) is 6.07 Å². The summed E-state index contributed by atoms with van der Waals surface area (Å²) in [6.07, 6.45) is 0. The highest BCUT2D eigenvalue weighted by atomic mass is 19.1. The Bertz CT molecular complexity index is 468. The molecule has 0 spiro atoms. The van der Waals surface area contributed by atoms with Crippen molar-refractivity contribution < 1.29 is 14.3 Å². The fourth-order valence-electron chi connectivity index (χ4n) is 1.52. The smallest absolute Gasteiger partial charge is 0.308 e. The highest BCUT2D eigenvalue weighted by Crippen LogP contribution is 2.20. The molecule has 0 bridgehead atoms. The molecule has 0 aromatic heterocycles. The number of hydrogen-bond acceptors (Lipinski definition) is 3. The average molecular weight is 236 g/mol. The lowest BCUT2D eigenvalue weighted by Crippen LogP contribution is -2.28. The van der Waals surface area contributed by atoms with Crippen molar-refractivity contribution in [3.05, 3.63) is 29.6 Å². The van der Waals surface area contributed by atoms with Gasteiger partial charge in [0.1, 0.15) is 11.9 Å².